The van der Waals surface area contributed by atoms with Crippen LogP contribution < -0.4 is 16.4 Å². The number of rotatable bonds is 11. The molecular formula is C30H30ClFN6O4. The van der Waals surface area contributed by atoms with E-state index in [1.807, 2.05) is 6.07 Å². The molecule has 12 heteroatoms. The molecule has 2 aromatic carbocycles. The van der Waals surface area contributed by atoms with Crippen LogP contribution in [0, 0.1) is 5.82 Å². The van der Waals surface area contributed by atoms with Crippen LogP contribution in [0.15, 0.2) is 67.0 Å². The molecule has 4 N–H and O–H groups in total. The molecule has 0 aliphatic heterocycles. The van der Waals surface area contributed by atoms with E-state index in [-0.39, 0.29) is 60.2 Å². The number of hydrogen-bond donors (Lipinski definition) is 3. The molecule has 0 radical (unpaired) electrons. The molecule has 2 heterocycles. The Bertz CT molecular complexity index is 1640. The van der Waals surface area contributed by atoms with Crippen molar-refractivity contribution in [3.05, 3.63) is 100 Å². The maximum Gasteiger partial charge on any atom is 0.251 e. The lowest BCUT2D eigenvalue weighted by atomic mass is 10.1. The summed E-state index contributed by atoms with van der Waals surface area (Å²) in [5.41, 5.74) is 7.50. The van der Waals surface area contributed by atoms with Gasteiger partial charge in [-0.15, -0.1) is 0 Å². The van der Waals surface area contributed by atoms with Crippen LogP contribution in [0.1, 0.15) is 45.8 Å². The van der Waals surface area contributed by atoms with Crippen LogP contribution in [-0.2, 0) is 29.2 Å². The summed E-state index contributed by atoms with van der Waals surface area (Å²) in [6, 6.07) is 14.3. The van der Waals surface area contributed by atoms with Crippen LogP contribution in [0.4, 0.5) is 4.39 Å². The molecule has 0 spiro atoms. The van der Waals surface area contributed by atoms with E-state index in [4.69, 9.17) is 17.3 Å². The SMILES string of the molecule is CC(C)N(CC(=O)NCc1cccc(Cl)c1F)C(=O)Cn1cc(C(N)=O)c2cc(C(=O)NCc3ccccn3)ccc21. The van der Waals surface area contributed by atoms with Crippen molar-refractivity contribution in [1.82, 2.24) is 25.1 Å². The van der Waals surface area contributed by atoms with Crippen LogP contribution in [0.3, 0.4) is 0 Å². The minimum absolute atomic E-state index is 0.0488. The fourth-order valence-electron chi connectivity index (χ4n) is 4.43. The van der Waals surface area contributed by atoms with Crippen molar-refractivity contribution >= 4 is 46.1 Å². The van der Waals surface area contributed by atoms with E-state index in [2.05, 4.69) is 15.6 Å². The number of halogens is 2. The van der Waals surface area contributed by atoms with Gasteiger partial charge < -0.3 is 25.8 Å². The summed E-state index contributed by atoms with van der Waals surface area (Å²) >= 11 is 5.80. The molecule has 0 unspecified atom stereocenters. The molecule has 10 nitrogen and oxygen atoms in total. The number of hydrogen-bond acceptors (Lipinski definition) is 5. The van der Waals surface area contributed by atoms with Gasteiger partial charge in [-0.3, -0.25) is 24.2 Å². The van der Waals surface area contributed by atoms with E-state index in [9.17, 15) is 23.6 Å². The number of pyridine rings is 1. The second-order valence-electron chi connectivity index (χ2n) is 9.88. The first-order chi connectivity index (χ1) is 20.0. The van der Waals surface area contributed by atoms with Crippen LogP contribution in [0.25, 0.3) is 10.9 Å². The molecule has 0 bridgehead atoms. The van der Waals surface area contributed by atoms with Crippen LogP contribution in [0.5, 0.6) is 0 Å². The first-order valence-electron chi connectivity index (χ1n) is 13.1. The zero-order valence-corrected chi connectivity index (χ0v) is 23.8. The van der Waals surface area contributed by atoms with Crippen molar-refractivity contribution in [1.29, 1.82) is 0 Å². The highest BCUT2D eigenvalue weighted by Gasteiger charge is 2.23. The zero-order chi connectivity index (χ0) is 30.4. The predicted octanol–water partition coefficient (Wildman–Crippen LogP) is 3.41. The van der Waals surface area contributed by atoms with Gasteiger partial charge in [0, 0.05) is 47.0 Å². The average molecular weight is 593 g/mol. The highest BCUT2D eigenvalue weighted by atomic mass is 35.5. The normalized spacial score (nSPS) is 11.0. The number of nitrogens with zero attached hydrogens (tertiary/aromatic N) is 3. The predicted molar refractivity (Wildman–Crippen MR) is 156 cm³/mol. The molecule has 0 aliphatic carbocycles. The average Bonchev–Trinajstić information content (AvgIpc) is 3.33. The van der Waals surface area contributed by atoms with Gasteiger partial charge in [0.1, 0.15) is 12.4 Å². The number of nitrogens with one attached hydrogen (secondary N) is 2. The molecule has 0 saturated heterocycles. The van der Waals surface area contributed by atoms with Crippen LogP contribution in [-0.4, -0.2) is 50.7 Å². The molecule has 0 aliphatic rings. The Morgan fingerprint density at radius 1 is 1.05 bits per heavy atom. The fraction of sp³-hybridized carbons (Fsp3) is 0.233. The maximum atomic E-state index is 14.2. The van der Waals surface area contributed by atoms with Gasteiger partial charge >= 0.3 is 0 Å². The van der Waals surface area contributed by atoms with Gasteiger partial charge in [-0.1, -0.05) is 29.8 Å². The number of nitrogens with two attached hydrogens (primary N) is 1. The molecule has 0 saturated carbocycles. The minimum Gasteiger partial charge on any atom is -0.366 e. The number of aromatic nitrogens is 2. The maximum absolute atomic E-state index is 14.2. The summed E-state index contributed by atoms with van der Waals surface area (Å²) in [5, 5.41) is 5.77. The molecule has 4 rings (SSSR count). The standard InChI is InChI=1S/C30H30ClFN6O4/c1-18(2)38(16-26(39)35-13-20-6-5-8-24(31)28(20)32)27(40)17-37-15-23(29(33)41)22-12-19(9-10-25(22)37)30(42)36-14-21-7-3-4-11-34-21/h3-12,15,18H,13-14,16-17H2,1-2H3,(H2,33,41)(H,35,39)(H,36,42). The second kappa shape index (κ2) is 13.3. The van der Waals surface area contributed by atoms with E-state index in [1.54, 1.807) is 61.0 Å². The molecule has 0 fully saturated rings. The van der Waals surface area contributed by atoms with Crippen molar-refractivity contribution in [2.45, 2.75) is 39.5 Å². The molecule has 218 valence electrons. The molecule has 42 heavy (non-hydrogen) atoms. The molecular weight excluding hydrogens is 563 g/mol. The van der Waals surface area contributed by atoms with Gasteiger partial charge in [-0.05, 0) is 50.2 Å². The lowest BCUT2D eigenvalue weighted by molar-refractivity contribution is -0.138. The number of primary amides is 1. The number of carbonyl (C=O) groups excluding carboxylic acids is 4. The van der Waals surface area contributed by atoms with Gasteiger partial charge in [0.2, 0.25) is 11.8 Å². The number of benzene rings is 2. The Hall–Kier alpha value is -4.77. The molecule has 0 atom stereocenters. The lowest BCUT2D eigenvalue weighted by Gasteiger charge is -2.26. The van der Waals surface area contributed by atoms with Crippen molar-refractivity contribution < 1.29 is 23.6 Å². The highest BCUT2D eigenvalue weighted by Crippen LogP contribution is 2.24. The van der Waals surface area contributed by atoms with Crippen molar-refractivity contribution in [3.63, 3.8) is 0 Å². The first kappa shape index (κ1) is 30.2. The van der Waals surface area contributed by atoms with E-state index in [1.165, 1.54) is 23.2 Å². The third kappa shape index (κ3) is 7.10. The van der Waals surface area contributed by atoms with Crippen LogP contribution >= 0.6 is 11.6 Å². The Kier molecular flexibility index (Phi) is 9.53. The van der Waals surface area contributed by atoms with E-state index < -0.39 is 17.6 Å². The van der Waals surface area contributed by atoms with Gasteiger partial charge in [0.05, 0.1) is 29.4 Å². The van der Waals surface area contributed by atoms with Crippen molar-refractivity contribution in [2.75, 3.05) is 6.54 Å². The van der Waals surface area contributed by atoms with E-state index >= 15 is 0 Å². The number of carbonyl (C=O) groups is 4. The zero-order valence-electron chi connectivity index (χ0n) is 23.1. The molecule has 2 aromatic heterocycles. The summed E-state index contributed by atoms with van der Waals surface area (Å²) < 4.78 is 15.7. The molecule has 4 amide bonds. The largest absolute Gasteiger partial charge is 0.366 e. The summed E-state index contributed by atoms with van der Waals surface area (Å²) in [5.74, 6) is -2.57. The quantitative estimate of drug-likeness (QED) is 0.245. The lowest BCUT2D eigenvalue weighted by Crippen LogP contribution is -2.45. The topological polar surface area (TPSA) is 139 Å². The molecule has 4 aromatic rings. The number of amides is 4. The monoisotopic (exact) mass is 592 g/mol. The Morgan fingerprint density at radius 3 is 2.52 bits per heavy atom. The van der Waals surface area contributed by atoms with E-state index in [0.29, 0.717) is 22.2 Å². The number of fused-ring (bicyclic) bond motifs is 1. The van der Waals surface area contributed by atoms with Gasteiger partial charge in [0.15, 0.2) is 0 Å². The Labute approximate surface area is 246 Å². The summed E-state index contributed by atoms with van der Waals surface area (Å²) in [4.78, 5) is 56.6. The second-order valence-corrected chi connectivity index (χ2v) is 10.3. The highest BCUT2D eigenvalue weighted by molar-refractivity contribution is 6.30. The third-order valence-corrected chi connectivity index (χ3v) is 6.93. The van der Waals surface area contributed by atoms with Crippen LogP contribution in [0.2, 0.25) is 5.02 Å². The fourth-order valence-corrected chi connectivity index (χ4v) is 4.62. The van der Waals surface area contributed by atoms with Gasteiger partial charge in [-0.25, -0.2) is 4.39 Å². The summed E-state index contributed by atoms with van der Waals surface area (Å²) in [6.07, 6.45) is 3.09. The third-order valence-electron chi connectivity index (χ3n) is 6.64. The summed E-state index contributed by atoms with van der Waals surface area (Å²) in [6.45, 7) is 3.21. The minimum atomic E-state index is -0.717. The Morgan fingerprint density at radius 2 is 1.83 bits per heavy atom. The smallest absolute Gasteiger partial charge is 0.251 e. The van der Waals surface area contributed by atoms with E-state index in [0.717, 1.165) is 0 Å². The first-order valence-corrected chi connectivity index (χ1v) is 13.5. The Balaban J connectivity index is 1.48. The summed E-state index contributed by atoms with van der Waals surface area (Å²) in [7, 11) is 0. The van der Waals surface area contributed by atoms with Crippen molar-refractivity contribution in [2.24, 2.45) is 5.73 Å². The van der Waals surface area contributed by atoms with Crippen molar-refractivity contribution in [3.8, 4) is 0 Å². The van der Waals surface area contributed by atoms with Gasteiger partial charge in [0.25, 0.3) is 11.8 Å². The van der Waals surface area contributed by atoms with Gasteiger partial charge in [-0.2, -0.15) is 0 Å².